The second-order valence-electron chi connectivity index (χ2n) is 5.07. The molecule has 2 heterocycles. The maximum atomic E-state index is 12.5. The van der Waals surface area contributed by atoms with Crippen LogP contribution in [0, 0.1) is 0 Å². The lowest BCUT2D eigenvalue weighted by atomic mass is 10.0. The van der Waals surface area contributed by atoms with Gasteiger partial charge in [-0.3, -0.25) is 9.59 Å². The minimum absolute atomic E-state index is 0.0859. The SMILES string of the molecule is C[C@H]1CC(=O)OCSC[C@]2(O)c3ccccc3C(=O)N12. The van der Waals surface area contributed by atoms with Crippen LogP contribution in [-0.4, -0.2) is 39.6 Å². The summed E-state index contributed by atoms with van der Waals surface area (Å²) in [5.41, 5.74) is -0.249. The van der Waals surface area contributed by atoms with Crippen molar-refractivity contribution in [3.05, 3.63) is 35.4 Å². The first-order valence-corrected chi connectivity index (χ1v) is 7.58. The molecule has 1 aromatic carbocycles. The maximum Gasteiger partial charge on any atom is 0.308 e. The summed E-state index contributed by atoms with van der Waals surface area (Å²) in [6.45, 7) is 1.76. The highest BCUT2D eigenvalue weighted by Gasteiger charge is 2.50. The van der Waals surface area contributed by atoms with Gasteiger partial charge in [0.05, 0.1) is 6.42 Å². The predicted octanol–water partition coefficient (Wildman–Crippen LogP) is 1.31. The van der Waals surface area contributed by atoms with E-state index >= 15 is 0 Å². The summed E-state index contributed by atoms with van der Waals surface area (Å²) in [6.07, 6.45) is 0.0859. The van der Waals surface area contributed by atoms with Crippen LogP contribution >= 0.6 is 11.8 Å². The van der Waals surface area contributed by atoms with Gasteiger partial charge in [0.25, 0.3) is 5.91 Å². The van der Waals surface area contributed by atoms with E-state index in [9.17, 15) is 14.7 Å². The van der Waals surface area contributed by atoms with Crippen LogP contribution in [0.25, 0.3) is 0 Å². The van der Waals surface area contributed by atoms with Gasteiger partial charge in [0, 0.05) is 22.9 Å². The van der Waals surface area contributed by atoms with Gasteiger partial charge in [-0.05, 0) is 13.0 Å². The number of fused-ring (bicyclic) bond motifs is 3. The zero-order valence-corrected chi connectivity index (χ0v) is 11.9. The van der Waals surface area contributed by atoms with Gasteiger partial charge in [-0.2, -0.15) is 0 Å². The standard InChI is InChI=1S/C14H15NO4S/c1-9-6-12(16)19-8-20-7-14(18)11-5-3-2-4-10(11)13(17)15(9)14/h2-5,9,18H,6-8H2,1H3/t9-,14-/m0/s1. The fraction of sp³-hybridized carbons (Fsp3) is 0.429. The smallest absolute Gasteiger partial charge is 0.308 e. The lowest BCUT2D eigenvalue weighted by molar-refractivity contribution is -0.144. The quantitative estimate of drug-likeness (QED) is 0.731. The van der Waals surface area contributed by atoms with E-state index in [1.165, 1.54) is 16.7 Å². The zero-order valence-electron chi connectivity index (χ0n) is 11.0. The van der Waals surface area contributed by atoms with E-state index in [1.54, 1.807) is 31.2 Å². The Hall–Kier alpha value is -1.53. The van der Waals surface area contributed by atoms with E-state index in [0.29, 0.717) is 11.1 Å². The zero-order chi connectivity index (χ0) is 14.3. The second-order valence-corrected chi connectivity index (χ2v) is 6.01. The number of benzene rings is 1. The van der Waals surface area contributed by atoms with Crippen LogP contribution < -0.4 is 0 Å². The van der Waals surface area contributed by atoms with Crippen LogP contribution in [0.3, 0.4) is 0 Å². The Morgan fingerprint density at radius 1 is 1.40 bits per heavy atom. The number of ether oxygens (including phenoxy) is 1. The summed E-state index contributed by atoms with van der Waals surface area (Å²) in [4.78, 5) is 25.6. The minimum Gasteiger partial charge on any atom is -0.455 e. The average molecular weight is 293 g/mol. The van der Waals surface area contributed by atoms with Crippen LogP contribution in [0.5, 0.6) is 0 Å². The summed E-state index contributed by atoms with van der Waals surface area (Å²) in [7, 11) is 0. The number of amides is 1. The number of aliphatic hydroxyl groups is 1. The van der Waals surface area contributed by atoms with Crippen molar-refractivity contribution < 1.29 is 19.4 Å². The lowest BCUT2D eigenvalue weighted by Crippen LogP contribution is -2.50. The Bertz CT molecular complexity index is 576. The third kappa shape index (κ3) is 1.91. The number of cyclic esters (lactones) is 1. The molecule has 2 aliphatic rings. The molecule has 1 fully saturated rings. The van der Waals surface area contributed by atoms with Gasteiger partial charge in [0.15, 0.2) is 5.72 Å². The van der Waals surface area contributed by atoms with Crippen LogP contribution in [0.4, 0.5) is 0 Å². The molecule has 2 aliphatic heterocycles. The van der Waals surface area contributed by atoms with Crippen molar-refractivity contribution in [2.24, 2.45) is 0 Å². The summed E-state index contributed by atoms with van der Waals surface area (Å²) < 4.78 is 5.04. The highest BCUT2D eigenvalue weighted by molar-refractivity contribution is 7.99. The molecule has 1 saturated heterocycles. The van der Waals surface area contributed by atoms with Crippen molar-refractivity contribution >= 4 is 23.6 Å². The first kappa shape index (κ1) is 13.5. The summed E-state index contributed by atoms with van der Waals surface area (Å²) >= 11 is 1.30. The van der Waals surface area contributed by atoms with E-state index < -0.39 is 11.8 Å². The van der Waals surface area contributed by atoms with Crippen LogP contribution in [0.2, 0.25) is 0 Å². The van der Waals surface area contributed by atoms with Gasteiger partial charge in [-0.15, -0.1) is 11.8 Å². The van der Waals surface area contributed by atoms with Crippen molar-refractivity contribution in [2.75, 3.05) is 11.7 Å². The number of hydrogen-bond acceptors (Lipinski definition) is 5. The van der Waals surface area contributed by atoms with Crippen LogP contribution in [0.1, 0.15) is 29.3 Å². The second kappa shape index (κ2) is 4.79. The molecule has 5 nitrogen and oxygen atoms in total. The molecular formula is C14H15NO4S. The molecule has 1 amide bonds. The van der Waals surface area contributed by atoms with Crippen molar-refractivity contribution in [1.29, 1.82) is 0 Å². The van der Waals surface area contributed by atoms with Crippen LogP contribution in [0.15, 0.2) is 24.3 Å². The molecule has 1 aromatic rings. The summed E-state index contributed by atoms with van der Waals surface area (Å²) in [5, 5.41) is 11.0. The van der Waals surface area contributed by atoms with E-state index in [-0.39, 0.29) is 30.0 Å². The third-order valence-corrected chi connectivity index (χ3v) is 4.61. The number of rotatable bonds is 0. The molecule has 6 heteroatoms. The number of esters is 1. The van der Waals surface area contributed by atoms with Crippen molar-refractivity contribution in [2.45, 2.75) is 25.1 Å². The molecule has 0 unspecified atom stereocenters. The minimum atomic E-state index is -1.37. The fourth-order valence-corrected chi connectivity index (χ4v) is 3.72. The Labute approximate surface area is 120 Å². The van der Waals surface area contributed by atoms with Crippen LogP contribution in [-0.2, 0) is 15.3 Å². The molecule has 2 atom stereocenters. The number of thioether (sulfide) groups is 1. The van der Waals surface area contributed by atoms with E-state index in [4.69, 9.17) is 4.74 Å². The summed E-state index contributed by atoms with van der Waals surface area (Å²) in [6, 6.07) is 6.65. The fourth-order valence-electron chi connectivity index (χ4n) is 2.84. The van der Waals surface area contributed by atoms with Gasteiger partial charge in [0.2, 0.25) is 0 Å². The molecule has 106 valence electrons. The number of hydrogen-bond donors (Lipinski definition) is 1. The molecule has 0 aromatic heterocycles. The van der Waals surface area contributed by atoms with Gasteiger partial charge in [-0.25, -0.2) is 0 Å². The van der Waals surface area contributed by atoms with E-state index in [1.807, 2.05) is 0 Å². The Balaban J connectivity index is 2.09. The number of nitrogens with zero attached hydrogens (tertiary/aromatic N) is 1. The number of carbonyl (C=O) groups is 2. The maximum absolute atomic E-state index is 12.5. The predicted molar refractivity (Wildman–Crippen MR) is 74.0 cm³/mol. The topological polar surface area (TPSA) is 66.8 Å². The Morgan fingerprint density at radius 2 is 2.15 bits per heavy atom. The van der Waals surface area contributed by atoms with Crippen molar-refractivity contribution in [1.82, 2.24) is 4.90 Å². The van der Waals surface area contributed by atoms with Gasteiger partial charge >= 0.3 is 5.97 Å². The van der Waals surface area contributed by atoms with Gasteiger partial charge < -0.3 is 14.7 Å². The first-order chi connectivity index (χ1) is 9.54. The van der Waals surface area contributed by atoms with Crippen molar-refractivity contribution in [3.63, 3.8) is 0 Å². The molecule has 0 radical (unpaired) electrons. The normalized spacial score (nSPS) is 29.9. The third-order valence-electron chi connectivity index (χ3n) is 3.72. The molecule has 3 rings (SSSR count). The first-order valence-electron chi connectivity index (χ1n) is 6.43. The molecule has 0 aliphatic carbocycles. The highest BCUT2D eigenvalue weighted by Crippen LogP contribution is 2.41. The highest BCUT2D eigenvalue weighted by atomic mass is 32.2. The molecular weight excluding hydrogens is 278 g/mol. The lowest BCUT2D eigenvalue weighted by Gasteiger charge is -2.37. The number of carbonyl (C=O) groups excluding carboxylic acids is 2. The Morgan fingerprint density at radius 3 is 2.95 bits per heavy atom. The summed E-state index contributed by atoms with van der Waals surface area (Å²) in [5.74, 6) is -0.102. The van der Waals surface area contributed by atoms with Crippen molar-refractivity contribution in [3.8, 4) is 0 Å². The van der Waals surface area contributed by atoms with Gasteiger partial charge in [-0.1, -0.05) is 18.2 Å². The Kier molecular flexibility index (Phi) is 3.22. The van der Waals surface area contributed by atoms with E-state index in [0.717, 1.165) is 0 Å². The molecule has 0 bridgehead atoms. The molecule has 1 N–H and O–H groups in total. The van der Waals surface area contributed by atoms with Gasteiger partial charge in [0.1, 0.15) is 5.94 Å². The monoisotopic (exact) mass is 293 g/mol. The largest absolute Gasteiger partial charge is 0.455 e. The molecule has 0 saturated carbocycles. The van der Waals surface area contributed by atoms with E-state index in [2.05, 4.69) is 0 Å². The molecule has 20 heavy (non-hydrogen) atoms. The average Bonchev–Trinajstić information content (AvgIpc) is 2.66. The molecule has 0 spiro atoms.